The van der Waals surface area contributed by atoms with Crippen LogP contribution in [-0.2, 0) is 10.0 Å². The fourth-order valence-corrected chi connectivity index (χ4v) is 3.09. The smallest absolute Gasteiger partial charge is 0.240 e. The fourth-order valence-electron chi connectivity index (χ4n) is 1.83. The molecule has 2 N–H and O–H groups in total. The van der Waals surface area contributed by atoms with E-state index in [1.165, 1.54) is 7.05 Å². The zero-order chi connectivity index (χ0) is 15.2. The quantitative estimate of drug-likeness (QED) is 0.568. The molecule has 0 saturated heterocycles. The van der Waals surface area contributed by atoms with Crippen LogP contribution in [-0.4, -0.2) is 38.3 Å². The van der Waals surface area contributed by atoms with E-state index in [-0.39, 0.29) is 17.5 Å². The van der Waals surface area contributed by atoms with E-state index in [4.69, 9.17) is 0 Å². The molecule has 0 aliphatic carbocycles. The Balaban J connectivity index is 2.84. The number of benzene rings is 1. The van der Waals surface area contributed by atoms with E-state index in [9.17, 15) is 13.6 Å². The van der Waals surface area contributed by atoms with Crippen LogP contribution in [0.25, 0.3) is 0 Å². The average molecular weight is 298 g/mol. The van der Waals surface area contributed by atoms with Gasteiger partial charge in [0.1, 0.15) is 0 Å². The highest BCUT2D eigenvalue weighted by Crippen LogP contribution is 2.12. The summed E-state index contributed by atoms with van der Waals surface area (Å²) in [6.07, 6.45) is 2.99. The van der Waals surface area contributed by atoms with Gasteiger partial charge in [0, 0.05) is 19.6 Å². The number of sulfonamides is 1. The van der Waals surface area contributed by atoms with Gasteiger partial charge in [0.05, 0.1) is 4.90 Å². The highest BCUT2D eigenvalue weighted by atomic mass is 32.2. The number of nitrogens with one attached hydrogen (secondary N) is 1. The van der Waals surface area contributed by atoms with Crippen molar-refractivity contribution in [2.24, 2.45) is 0 Å². The lowest BCUT2D eigenvalue weighted by Crippen LogP contribution is -2.41. The number of hydrogen-bond acceptors (Lipinski definition) is 4. The molecule has 0 aliphatic rings. The first-order chi connectivity index (χ1) is 9.35. The maximum atomic E-state index is 12.3. The Labute approximate surface area is 120 Å². The molecule has 0 heterocycles. The van der Waals surface area contributed by atoms with Gasteiger partial charge in [-0.3, -0.25) is 0 Å². The summed E-state index contributed by atoms with van der Waals surface area (Å²) in [5, 5.41) is 10.3. The van der Waals surface area contributed by atoms with Gasteiger partial charge >= 0.3 is 0 Å². The van der Waals surface area contributed by atoms with Crippen molar-refractivity contribution >= 4 is 10.0 Å². The van der Waals surface area contributed by atoms with Crippen molar-refractivity contribution in [2.75, 3.05) is 13.6 Å². The fraction of sp³-hybridized carbons (Fsp3) is 0.429. The largest absolute Gasteiger partial charge is 0.314 e. The van der Waals surface area contributed by atoms with Crippen molar-refractivity contribution in [3.05, 3.63) is 42.5 Å². The van der Waals surface area contributed by atoms with Crippen molar-refractivity contribution in [3.8, 4) is 0 Å². The first-order valence-electron chi connectivity index (χ1n) is 6.45. The molecule has 1 aromatic rings. The molecule has 0 spiro atoms. The monoisotopic (exact) mass is 298 g/mol. The number of hydrogen-bond donors (Lipinski definition) is 2. The number of allylic oxidation sites excluding steroid dienone is 1. The minimum absolute atomic E-state index is 0.221. The van der Waals surface area contributed by atoms with Crippen molar-refractivity contribution < 1.29 is 13.6 Å². The molecule has 112 valence electrons. The number of nitrogens with zero attached hydrogens (tertiary/aromatic N) is 1. The van der Waals surface area contributed by atoms with E-state index in [0.717, 1.165) is 10.6 Å². The van der Waals surface area contributed by atoms with Gasteiger partial charge in [-0.25, -0.2) is 13.1 Å². The van der Waals surface area contributed by atoms with Gasteiger partial charge in [-0.1, -0.05) is 23.8 Å². The van der Waals surface area contributed by atoms with E-state index in [0.29, 0.717) is 12.8 Å². The highest BCUT2D eigenvalue weighted by molar-refractivity contribution is 7.89. The van der Waals surface area contributed by atoms with Gasteiger partial charge in [0.2, 0.25) is 10.0 Å². The number of rotatable bonds is 8. The molecule has 0 radical (unpaired) electrons. The Morgan fingerprint density at radius 1 is 1.40 bits per heavy atom. The maximum absolute atomic E-state index is 12.3. The summed E-state index contributed by atoms with van der Waals surface area (Å²) in [5.74, 6) is 0. The molecule has 0 fully saturated rings. The lowest BCUT2D eigenvalue weighted by atomic mass is 10.2. The molecule has 0 saturated carbocycles. The van der Waals surface area contributed by atoms with Crippen LogP contribution >= 0.6 is 0 Å². The number of hydroxylamine groups is 2. The van der Waals surface area contributed by atoms with Gasteiger partial charge in [-0.05, 0) is 31.9 Å². The summed E-state index contributed by atoms with van der Waals surface area (Å²) in [5.41, 5.74) is 1.00. The van der Waals surface area contributed by atoms with Gasteiger partial charge < -0.3 is 5.21 Å². The Kier molecular flexibility index (Phi) is 6.35. The lowest BCUT2D eigenvalue weighted by molar-refractivity contribution is -0.0700. The normalized spacial score (nSPS) is 13.4. The van der Waals surface area contributed by atoms with E-state index < -0.39 is 10.0 Å². The number of aryl methyl sites for hydroxylation is 1. The summed E-state index contributed by atoms with van der Waals surface area (Å²) in [6.45, 7) is 5.74. The van der Waals surface area contributed by atoms with E-state index >= 15 is 0 Å². The second-order valence-corrected chi connectivity index (χ2v) is 6.55. The molecule has 1 atom stereocenters. The molecular formula is C14H22N2O3S. The van der Waals surface area contributed by atoms with Crippen LogP contribution < -0.4 is 4.72 Å². The van der Waals surface area contributed by atoms with Crippen LogP contribution in [0.15, 0.2) is 41.8 Å². The van der Waals surface area contributed by atoms with Gasteiger partial charge in [0.15, 0.2) is 0 Å². The summed E-state index contributed by atoms with van der Waals surface area (Å²) in [6, 6.07) is 6.29. The summed E-state index contributed by atoms with van der Waals surface area (Å²) >= 11 is 0. The standard InChI is InChI=1S/C14H22N2O3S/c1-4-5-6-13(11-16(3)17)15-20(18,19)14-9-7-12(2)8-10-14/h4,7-10,13,15,17H,1,5-6,11H2,2-3H3. The molecular weight excluding hydrogens is 276 g/mol. The zero-order valence-electron chi connectivity index (χ0n) is 11.9. The predicted molar refractivity (Wildman–Crippen MR) is 79.1 cm³/mol. The lowest BCUT2D eigenvalue weighted by Gasteiger charge is -2.20. The second-order valence-electron chi connectivity index (χ2n) is 4.84. The SMILES string of the molecule is C=CCCC(CN(C)O)NS(=O)(=O)c1ccc(C)cc1. The first kappa shape index (κ1) is 16.8. The summed E-state index contributed by atoms with van der Waals surface area (Å²) < 4.78 is 27.1. The van der Waals surface area contributed by atoms with Crippen LogP contribution in [0.5, 0.6) is 0 Å². The highest BCUT2D eigenvalue weighted by Gasteiger charge is 2.20. The minimum atomic E-state index is -3.57. The molecule has 0 aliphatic heterocycles. The Bertz CT molecular complexity index is 524. The molecule has 0 amide bonds. The van der Waals surface area contributed by atoms with Crippen LogP contribution in [0.1, 0.15) is 18.4 Å². The number of likely N-dealkylation sites (N-methyl/N-ethyl adjacent to an activating group) is 1. The third-order valence-corrected chi connectivity index (χ3v) is 4.39. The van der Waals surface area contributed by atoms with E-state index in [1.807, 2.05) is 6.92 Å². The topological polar surface area (TPSA) is 69.6 Å². The van der Waals surface area contributed by atoms with Gasteiger partial charge in [-0.2, -0.15) is 5.06 Å². The van der Waals surface area contributed by atoms with Gasteiger partial charge in [-0.15, -0.1) is 6.58 Å². The predicted octanol–water partition coefficient (Wildman–Crippen LogP) is 1.93. The van der Waals surface area contributed by atoms with Crippen molar-refractivity contribution in [3.63, 3.8) is 0 Å². The molecule has 6 heteroatoms. The summed E-state index contributed by atoms with van der Waals surface area (Å²) in [4.78, 5) is 0.229. The molecule has 20 heavy (non-hydrogen) atoms. The molecule has 1 unspecified atom stereocenters. The van der Waals surface area contributed by atoms with Crippen molar-refractivity contribution in [2.45, 2.75) is 30.7 Å². The van der Waals surface area contributed by atoms with Gasteiger partial charge in [0.25, 0.3) is 0 Å². The average Bonchev–Trinajstić information content (AvgIpc) is 2.35. The minimum Gasteiger partial charge on any atom is -0.314 e. The Morgan fingerprint density at radius 3 is 2.50 bits per heavy atom. The van der Waals surface area contributed by atoms with Crippen LogP contribution in [0.2, 0.25) is 0 Å². The third-order valence-electron chi connectivity index (χ3n) is 2.86. The zero-order valence-corrected chi connectivity index (χ0v) is 12.7. The molecule has 0 aromatic heterocycles. The van der Waals surface area contributed by atoms with Crippen LogP contribution in [0.4, 0.5) is 0 Å². The van der Waals surface area contributed by atoms with E-state index in [2.05, 4.69) is 11.3 Å². The van der Waals surface area contributed by atoms with Crippen molar-refractivity contribution in [1.82, 2.24) is 9.79 Å². The summed E-state index contributed by atoms with van der Waals surface area (Å²) in [7, 11) is -2.09. The van der Waals surface area contributed by atoms with Crippen LogP contribution in [0, 0.1) is 6.92 Å². The molecule has 0 bridgehead atoms. The third kappa shape index (κ3) is 5.42. The second kappa shape index (κ2) is 7.54. The molecule has 1 aromatic carbocycles. The molecule has 5 nitrogen and oxygen atoms in total. The Morgan fingerprint density at radius 2 is 2.00 bits per heavy atom. The van der Waals surface area contributed by atoms with E-state index in [1.54, 1.807) is 30.3 Å². The first-order valence-corrected chi connectivity index (χ1v) is 7.93. The maximum Gasteiger partial charge on any atom is 0.240 e. The van der Waals surface area contributed by atoms with Crippen LogP contribution in [0.3, 0.4) is 0 Å². The van der Waals surface area contributed by atoms with Crippen molar-refractivity contribution in [1.29, 1.82) is 0 Å². The molecule has 1 rings (SSSR count). The Hall–Kier alpha value is -1.21.